The highest BCUT2D eigenvalue weighted by atomic mass is 32.2. The van der Waals surface area contributed by atoms with E-state index in [1.807, 2.05) is 0 Å². The van der Waals surface area contributed by atoms with Crippen LogP contribution in [0.2, 0.25) is 0 Å². The number of nitrogens with one attached hydrogen (secondary N) is 1. The van der Waals surface area contributed by atoms with Crippen molar-refractivity contribution in [2.24, 2.45) is 0 Å². The number of carbonyl (C=O) groups excluding carboxylic acids is 1. The summed E-state index contributed by atoms with van der Waals surface area (Å²) in [6, 6.07) is 0. The van der Waals surface area contributed by atoms with Crippen LogP contribution in [0.1, 0.15) is 34.6 Å². The van der Waals surface area contributed by atoms with Crippen molar-refractivity contribution in [2.75, 3.05) is 6.54 Å². The molecule has 0 atom stereocenters. The Morgan fingerprint density at radius 3 is 2.13 bits per heavy atom. The summed E-state index contributed by atoms with van der Waals surface area (Å²) < 4.78 is 29.7. The van der Waals surface area contributed by atoms with Crippen LogP contribution in [0.5, 0.6) is 0 Å². The molecule has 0 aromatic carbocycles. The molecule has 0 radical (unpaired) electrons. The van der Waals surface area contributed by atoms with E-state index in [2.05, 4.69) is 4.72 Å². The maximum atomic E-state index is 11.3. The van der Waals surface area contributed by atoms with Crippen molar-refractivity contribution < 1.29 is 17.9 Å². The fraction of sp³-hybridized carbons (Fsp3) is 0.889. The summed E-state index contributed by atoms with van der Waals surface area (Å²) >= 11 is 0. The third-order valence-electron chi connectivity index (χ3n) is 1.46. The number of ether oxygens (including phenoxy) is 1. The zero-order chi connectivity index (χ0) is 12.3. The number of esters is 1. The minimum atomic E-state index is -3.40. The summed E-state index contributed by atoms with van der Waals surface area (Å²) in [6.07, 6.45) is 0. The fourth-order valence-electron chi connectivity index (χ4n) is 0.704. The minimum Gasteiger partial charge on any atom is -0.459 e. The Hall–Kier alpha value is -0.620. The van der Waals surface area contributed by atoms with E-state index in [1.165, 1.54) is 13.8 Å². The molecule has 90 valence electrons. The van der Waals surface area contributed by atoms with Gasteiger partial charge < -0.3 is 4.74 Å². The molecule has 0 saturated carbocycles. The molecule has 0 rings (SSSR count). The summed E-state index contributed by atoms with van der Waals surface area (Å²) in [5.41, 5.74) is -0.597. The van der Waals surface area contributed by atoms with Gasteiger partial charge in [-0.05, 0) is 34.6 Å². The number of hydrogen-bond acceptors (Lipinski definition) is 4. The molecule has 0 aromatic rings. The van der Waals surface area contributed by atoms with Crippen LogP contribution in [0.4, 0.5) is 0 Å². The molecule has 5 nitrogen and oxygen atoms in total. The average Bonchev–Trinajstić information content (AvgIpc) is 1.97. The molecule has 0 spiro atoms. The zero-order valence-corrected chi connectivity index (χ0v) is 10.6. The van der Waals surface area contributed by atoms with Crippen molar-refractivity contribution in [1.29, 1.82) is 0 Å². The lowest BCUT2D eigenvalue weighted by Crippen LogP contribution is -2.37. The van der Waals surface area contributed by atoms with Crippen molar-refractivity contribution in [2.45, 2.75) is 45.5 Å². The Labute approximate surface area is 91.2 Å². The van der Waals surface area contributed by atoms with E-state index >= 15 is 0 Å². The number of sulfonamides is 1. The molecule has 0 aromatic heterocycles. The van der Waals surface area contributed by atoms with E-state index in [0.29, 0.717) is 0 Å². The molecule has 0 heterocycles. The van der Waals surface area contributed by atoms with E-state index in [9.17, 15) is 13.2 Å². The largest absolute Gasteiger partial charge is 0.459 e. The van der Waals surface area contributed by atoms with E-state index in [0.717, 1.165) is 0 Å². The lowest BCUT2D eigenvalue weighted by atomic mass is 10.2. The van der Waals surface area contributed by atoms with E-state index in [-0.39, 0.29) is 6.54 Å². The Balaban J connectivity index is 4.14. The Morgan fingerprint density at radius 2 is 1.80 bits per heavy atom. The van der Waals surface area contributed by atoms with Crippen LogP contribution in [0, 0.1) is 0 Å². The van der Waals surface area contributed by atoms with Crippen LogP contribution < -0.4 is 4.72 Å². The zero-order valence-electron chi connectivity index (χ0n) is 9.83. The van der Waals surface area contributed by atoms with Gasteiger partial charge in [0, 0.05) is 0 Å². The topological polar surface area (TPSA) is 72.5 Å². The van der Waals surface area contributed by atoms with Gasteiger partial charge in [0.15, 0.2) is 0 Å². The van der Waals surface area contributed by atoms with Crippen LogP contribution in [-0.2, 0) is 19.6 Å². The van der Waals surface area contributed by atoms with Crippen molar-refractivity contribution >= 4 is 16.0 Å². The Bertz CT molecular complexity index is 313. The van der Waals surface area contributed by atoms with E-state index in [4.69, 9.17) is 4.74 Å². The maximum Gasteiger partial charge on any atom is 0.321 e. The summed E-state index contributed by atoms with van der Waals surface area (Å²) in [5, 5.41) is -0.556. The predicted molar refractivity (Wildman–Crippen MR) is 57.9 cm³/mol. The minimum absolute atomic E-state index is 0.322. The first-order chi connectivity index (χ1) is 6.54. The van der Waals surface area contributed by atoms with E-state index in [1.54, 1.807) is 20.8 Å². The van der Waals surface area contributed by atoms with Gasteiger partial charge in [-0.2, -0.15) is 0 Å². The molecule has 0 aliphatic rings. The van der Waals surface area contributed by atoms with Crippen LogP contribution in [0.15, 0.2) is 0 Å². The molecule has 0 aliphatic heterocycles. The second-order valence-electron chi connectivity index (χ2n) is 4.50. The normalized spacial score (nSPS) is 12.9. The first-order valence-electron chi connectivity index (χ1n) is 4.75. The molecular weight excluding hydrogens is 218 g/mol. The molecule has 0 bridgehead atoms. The first-order valence-corrected chi connectivity index (χ1v) is 6.29. The highest BCUT2D eigenvalue weighted by molar-refractivity contribution is 7.90. The molecule has 15 heavy (non-hydrogen) atoms. The van der Waals surface area contributed by atoms with Crippen molar-refractivity contribution in [1.82, 2.24) is 4.72 Å². The molecule has 1 N–H and O–H groups in total. The predicted octanol–water partition coefficient (Wildman–Crippen LogP) is 0.656. The molecule has 0 amide bonds. The van der Waals surface area contributed by atoms with Gasteiger partial charge in [0.25, 0.3) is 0 Å². The summed E-state index contributed by atoms with van der Waals surface area (Å²) in [4.78, 5) is 11.2. The number of hydrogen-bond donors (Lipinski definition) is 1. The van der Waals surface area contributed by atoms with E-state index < -0.39 is 26.8 Å². The molecule has 0 unspecified atom stereocenters. The Kier molecular flexibility index (Phi) is 4.73. The average molecular weight is 237 g/mol. The highest BCUT2D eigenvalue weighted by Gasteiger charge is 2.20. The smallest absolute Gasteiger partial charge is 0.321 e. The molecule has 0 fully saturated rings. The van der Waals surface area contributed by atoms with Crippen LogP contribution >= 0.6 is 0 Å². The second-order valence-corrected chi connectivity index (χ2v) is 6.82. The van der Waals surface area contributed by atoms with Crippen molar-refractivity contribution in [3.8, 4) is 0 Å². The lowest BCUT2D eigenvalue weighted by Gasteiger charge is -2.19. The monoisotopic (exact) mass is 237 g/mol. The highest BCUT2D eigenvalue weighted by Crippen LogP contribution is 2.06. The summed E-state index contributed by atoms with van der Waals surface area (Å²) in [6.45, 7) is 7.93. The van der Waals surface area contributed by atoms with Crippen LogP contribution in [0.25, 0.3) is 0 Å². The third-order valence-corrected chi connectivity index (χ3v) is 3.25. The van der Waals surface area contributed by atoms with Gasteiger partial charge in [-0.25, -0.2) is 13.1 Å². The van der Waals surface area contributed by atoms with Gasteiger partial charge >= 0.3 is 5.97 Å². The summed E-state index contributed by atoms with van der Waals surface area (Å²) in [7, 11) is -3.40. The van der Waals surface area contributed by atoms with Gasteiger partial charge in [-0.15, -0.1) is 0 Å². The standard InChI is InChI=1S/C9H19NO4S/c1-7(2)15(12,13)10-6-8(11)14-9(3,4)5/h7,10H,6H2,1-5H3. The SMILES string of the molecule is CC(C)S(=O)(=O)NCC(=O)OC(C)(C)C. The maximum absolute atomic E-state index is 11.3. The quantitative estimate of drug-likeness (QED) is 0.729. The van der Waals surface area contributed by atoms with Gasteiger partial charge in [0.2, 0.25) is 10.0 Å². The van der Waals surface area contributed by atoms with Gasteiger partial charge in [0.05, 0.1) is 5.25 Å². The molecule has 0 aliphatic carbocycles. The van der Waals surface area contributed by atoms with Gasteiger partial charge in [-0.3, -0.25) is 4.79 Å². The Morgan fingerprint density at radius 1 is 1.33 bits per heavy atom. The third kappa shape index (κ3) is 6.46. The van der Waals surface area contributed by atoms with Crippen LogP contribution in [-0.4, -0.2) is 31.8 Å². The molecular formula is C9H19NO4S. The second kappa shape index (κ2) is 4.94. The van der Waals surface area contributed by atoms with Crippen molar-refractivity contribution in [3.05, 3.63) is 0 Å². The lowest BCUT2D eigenvalue weighted by molar-refractivity contribution is -0.153. The van der Waals surface area contributed by atoms with Gasteiger partial charge in [0.1, 0.15) is 12.1 Å². The first kappa shape index (κ1) is 14.4. The molecule has 6 heteroatoms. The number of carbonyl (C=O) groups is 1. The number of rotatable bonds is 4. The van der Waals surface area contributed by atoms with Crippen LogP contribution in [0.3, 0.4) is 0 Å². The van der Waals surface area contributed by atoms with Crippen molar-refractivity contribution in [3.63, 3.8) is 0 Å². The van der Waals surface area contributed by atoms with Gasteiger partial charge in [-0.1, -0.05) is 0 Å². The molecule has 0 saturated heterocycles. The fourth-order valence-corrected chi connectivity index (χ4v) is 1.36. The summed E-state index contributed by atoms with van der Waals surface area (Å²) in [5.74, 6) is -0.577.